The van der Waals surface area contributed by atoms with E-state index in [0.717, 1.165) is 5.56 Å². The molecule has 0 saturated carbocycles. The number of likely N-dealkylation sites (tertiary alicyclic amines) is 1. The number of fused-ring (bicyclic) bond motifs is 1. The number of esters is 1. The van der Waals surface area contributed by atoms with E-state index in [-0.39, 0.29) is 12.1 Å². The molecule has 0 aromatic heterocycles. The first-order valence-electron chi connectivity index (χ1n) is 12.2. The highest BCUT2D eigenvalue weighted by atomic mass is 32.2. The topological polar surface area (TPSA) is 89.8 Å². The van der Waals surface area contributed by atoms with Crippen LogP contribution in [0.15, 0.2) is 55.5 Å². The number of rotatable bonds is 7. The highest BCUT2D eigenvalue weighted by Gasteiger charge is 2.31. The number of hydrogen-bond acceptors (Lipinski definition) is 8. The largest absolute Gasteiger partial charge is 0.490 e. The van der Waals surface area contributed by atoms with Crippen molar-refractivity contribution in [1.82, 2.24) is 4.90 Å². The lowest BCUT2D eigenvalue weighted by molar-refractivity contribution is -0.150. The fraction of sp³-hybridized carbons (Fsp3) is 0.462. The molecule has 1 fully saturated rings. The Balaban J connectivity index is 1.77. The first kappa shape index (κ1) is 25.0. The van der Waals surface area contributed by atoms with Crippen LogP contribution >= 0.6 is 0 Å². The van der Waals surface area contributed by atoms with Crippen LogP contribution < -0.4 is 9.47 Å². The van der Waals surface area contributed by atoms with Gasteiger partial charge in [0.25, 0.3) is 0 Å². The van der Waals surface area contributed by atoms with Gasteiger partial charge in [-0.2, -0.15) is 4.36 Å². The minimum absolute atomic E-state index is 0.116. The Hall–Kier alpha value is -3.07. The molecule has 35 heavy (non-hydrogen) atoms. The van der Waals surface area contributed by atoms with Crippen LogP contribution in [-0.4, -0.2) is 53.4 Å². The monoisotopic (exact) mass is 499 g/mol. The maximum atomic E-state index is 14.7. The molecule has 0 aliphatic carbocycles. The zero-order valence-electron chi connectivity index (χ0n) is 20.8. The summed E-state index contributed by atoms with van der Waals surface area (Å²) in [5.74, 6) is 1.33. The van der Waals surface area contributed by atoms with Gasteiger partial charge in [-0.3, -0.25) is 4.79 Å². The predicted octanol–water partition coefficient (Wildman–Crippen LogP) is 5.10. The first-order valence-corrected chi connectivity index (χ1v) is 13.7. The smallest absolute Gasteiger partial charge is 0.305 e. The molecule has 2 heterocycles. The van der Waals surface area contributed by atoms with Crippen molar-refractivity contribution in [2.75, 3.05) is 26.3 Å². The number of hydrogen-bond donors (Lipinski definition) is 0. The highest BCUT2D eigenvalue weighted by Crippen LogP contribution is 2.43. The predicted molar refractivity (Wildman–Crippen MR) is 135 cm³/mol. The van der Waals surface area contributed by atoms with Crippen LogP contribution in [0.4, 0.5) is 5.69 Å². The minimum Gasteiger partial charge on any atom is -0.490 e. The molecule has 0 bridgehead atoms. The zero-order chi connectivity index (χ0) is 25.0. The van der Waals surface area contributed by atoms with Crippen LogP contribution in [-0.2, 0) is 19.3 Å². The van der Waals surface area contributed by atoms with E-state index >= 15 is 0 Å². The van der Waals surface area contributed by atoms with Crippen LogP contribution in [0, 0.1) is 6.92 Å². The van der Waals surface area contributed by atoms with Crippen molar-refractivity contribution in [2.45, 2.75) is 62.9 Å². The number of aryl methyl sites for hydroxylation is 1. The summed E-state index contributed by atoms with van der Waals surface area (Å²) in [6.07, 6.45) is 1.59. The summed E-state index contributed by atoms with van der Waals surface area (Å²) in [5, 5.41) is 0. The molecule has 2 aromatic carbocycles. The zero-order valence-corrected chi connectivity index (χ0v) is 21.6. The van der Waals surface area contributed by atoms with Gasteiger partial charge in [-0.1, -0.05) is 19.1 Å². The third-order valence-corrected chi connectivity index (χ3v) is 8.21. The molecule has 2 aromatic rings. The molecule has 0 N–H and O–H groups in total. The molecular formula is C26H33N3O5S. The van der Waals surface area contributed by atoms with Gasteiger partial charge in [0.05, 0.1) is 28.7 Å². The number of aliphatic imine (C=N–C) groups is 1. The van der Waals surface area contributed by atoms with E-state index in [1.165, 1.54) is 0 Å². The summed E-state index contributed by atoms with van der Waals surface area (Å²) < 4.78 is 36.6. The van der Waals surface area contributed by atoms with Crippen molar-refractivity contribution >= 4 is 27.3 Å². The van der Waals surface area contributed by atoms with Gasteiger partial charge in [-0.25, -0.2) is 9.20 Å². The maximum Gasteiger partial charge on any atom is 0.305 e. The van der Waals surface area contributed by atoms with Gasteiger partial charge in [0.1, 0.15) is 15.8 Å². The quantitative estimate of drug-likeness (QED) is 0.493. The summed E-state index contributed by atoms with van der Waals surface area (Å²) in [4.78, 5) is 19.7. The van der Waals surface area contributed by atoms with E-state index in [9.17, 15) is 9.00 Å². The van der Waals surface area contributed by atoms with Crippen LogP contribution in [0.5, 0.6) is 11.5 Å². The molecular weight excluding hydrogens is 466 g/mol. The molecule has 2 aliphatic heterocycles. The van der Waals surface area contributed by atoms with E-state index in [0.29, 0.717) is 78.5 Å². The van der Waals surface area contributed by atoms with Crippen molar-refractivity contribution in [1.29, 1.82) is 0 Å². The Morgan fingerprint density at radius 1 is 1.06 bits per heavy atom. The lowest BCUT2D eigenvalue weighted by Crippen LogP contribution is -2.41. The van der Waals surface area contributed by atoms with E-state index in [4.69, 9.17) is 23.6 Å². The van der Waals surface area contributed by atoms with E-state index in [1.54, 1.807) is 19.1 Å². The second kappa shape index (κ2) is 10.7. The van der Waals surface area contributed by atoms with Crippen molar-refractivity contribution in [3.8, 4) is 11.5 Å². The van der Waals surface area contributed by atoms with Gasteiger partial charge in [-0.05, 0) is 38.5 Å². The van der Waals surface area contributed by atoms with Crippen molar-refractivity contribution in [2.24, 2.45) is 9.36 Å². The molecule has 2 aliphatic rings. The summed E-state index contributed by atoms with van der Waals surface area (Å²) >= 11 is 0. The van der Waals surface area contributed by atoms with Gasteiger partial charge >= 0.3 is 5.97 Å². The van der Waals surface area contributed by atoms with E-state index in [1.807, 2.05) is 49.9 Å². The van der Waals surface area contributed by atoms with Gasteiger partial charge < -0.3 is 19.1 Å². The van der Waals surface area contributed by atoms with E-state index in [2.05, 4.69) is 0 Å². The Bertz CT molecular complexity index is 1240. The average molecular weight is 500 g/mol. The standard InChI is InChI=1S/C26H33N3O5S/c1-5-25(30)34-19-11-13-29(14-12-19)26-27-21-16-22(32-6-2)23(33-7-3)17-24(21)35(31,28-26)20-10-8-9-18(4)15-20/h8-10,15-17,19H,5-7,11-14H2,1-4H3. The second-order valence-electron chi connectivity index (χ2n) is 8.51. The molecule has 0 amide bonds. The van der Waals surface area contributed by atoms with Crippen LogP contribution in [0.25, 0.3) is 0 Å². The molecule has 0 spiro atoms. The number of benzene rings is 2. The Morgan fingerprint density at radius 2 is 1.74 bits per heavy atom. The third kappa shape index (κ3) is 5.29. The summed E-state index contributed by atoms with van der Waals surface area (Å²) in [7, 11) is -3.03. The maximum absolute atomic E-state index is 14.7. The summed E-state index contributed by atoms with van der Waals surface area (Å²) in [5.41, 5.74) is 1.56. The number of carbonyl (C=O) groups excluding carboxylic acids is 1. The van der Waals surface area contributed by atoms with Crippen LogP contribution in [0.3, 0.4) is 0 Å². The van der Waals surface area contributed by atoms with Crippen molar-refractivity contribution < 1.29 is 23.2 Å². The second-order valence-corrected chi connectivity index (χ2v) is 10.7. The fourth-order valence-electron chi connectivity index (χ4n) is 4.21. The number of nitrogens with zero attached hydrogens (tertiary/aromatic N) is 3. The van der Waals surface area contributed by atoms with Crippen molar-refractivity contribution in [3.63, 3.8) is 0 Å². The molecule has 1 atom stereocenters. The van der Waals surface area contributed by atoms with Crippen molar-refractivity contribution in [3.05, 3.63) is 42.0 Å². The van der Waals surface area contributed by atoms with Gasteiger partial charge in [0.2, 0.25) is 5.96 Å². The lowest BCUT2D eigenvalue weighted by Gasteiger charge is -2.33. The van der Waals surface area contributed by atoms with Gasteiger partial charge in [0.15, 0.2) is 11.5 Å². The van der Waals surface area contributed by atoms with Crippen LogP contribution in [0.2, 0.25) is 0 Å². The number of ether oxygens (including phenoxy) is 3. The highest BCUT2D eigenvalue weighted by molar-refractivity contribution is 7.94. The Labute approximate surface area is 207 Å². The number of carbonyl (C=O) groups is 1. The Morgan fingerprint density at radius 3 is 2.37 bits per heavy atom. The van der Waals surface area contributed by atoms with Gasteiger partial charge in [-0.15, -0.1) is 0 Å². The lowest BCUT2D eigenvalue weighted by atomic mass is 10.1. The minimum atomic E-state index is -3.03. The first-order chi connectivity index (χ1) is 16.9. The molecule has 1 unspecified atom stereocenters. The molecule has 188 valence electrons. The SMILES string of the molecule is CCOc1cc2c(cc1OCC)S(=O)(c1cccc(C)c1)=NC(N1CCC(OC(=O)CC)CC1)=N2. The molecule has 9 heteroatoms. The summed E-state index contributed by atoms with van der Waals surface area (Å²) in [6.45, 7) is 9.71. The molecule has 8 nitrogen and oxygen atoms in total. The Kier molecular flexibility index (Phi) is 7.64. The van der Waals surface area contributed by atoms with Gasteiger partial charge in [0, 0.05) is 44.5 Å². The number of piperidine rings is 1. The third-order valence-electron chi connectivity index (χ3n) is 5.97. The van der Waals surface area contributed by atoms with E-state index < -0.39 is 9.73 Å². The number of guanidine groups is 1. The fourth-order valence-corrected chi connectivity index (χ4v) is 6.31. The molecule has 4 rings (SSSR count). The molecule has 0 radical (unpaired) electrons. The summed E-state index contributed by atoms with van der Waals surface area (Å²) in [6, 6.07) is 11.2. The molecule has 1 saturated heterocycles. The average Bonchev–Trinajstić information content (AvgIpc) is 2.85. The normalized spacial score (nSPS) is 19.9. The van der Waals surface area contributed by atoms with Crippen LogP contribution in [0.1, 0.15) is 45.6 Å².